The van der Waals surface area contributed by atoms with Crippen molar-refractivity contribution in [1.29, 1.82) is 0 Å². The molecular formula is C19H26N8OS. The Balaban J connectivity index is 0.000000359. The van der Waals surface area contributed by atoms with Gasteiger partial charge in [0.15, 0.2) is 5.13 Å². The van der Waals surface area contributed by atoms with E-state index in [9.17, 15) is 0 Å². The Hall–Kier alpha value is -2.40. The highest BCUT2D eigenvalue weighted by Crippen LogP contribution is 2.26. The molecule has 5 heterocycles. The second-order valence-corrected chi connectivity index (χ2v) is 7.90. The van der Waals surface area contributed by atoms with Crippen molar-refractivity contribution in [2.24, 2.45) is 0 Å². The van der Waals surface area contributed by atoms with Gasteiger partial charge in [0, 0.05) is 31.9 Å². The standard InChI is InChI=1S/C15H17N7OS.C4H9N/c16-14-18-10(9-22-4-6-23-7-5-22)8-12(20-14)21-15-19-11-2-1-3-17-13(11)24-15;1-2-4-5-3-1/h1-3,8H,4-7,9H2,(H3,16,18,19,20,21);5H,1-4H2. The predicted molar refractivity (Wildman–Crippen MR) is 115 cm³/mol. The van der Waals surface area contributed by atoms with E-state index < -0.39 is 0 Å². The van der Waals surface area contributed by atoms with Gasteiger partial charge in [0.1, 0.15) is 16.2 Å². The minimum atomic E-state index is 0.252. The Morgan fingerprint density at radius 3 is 2.72 bits per heavy atom. The van der Waals surface area contributed by atoms with Gasteiger partial charge in [-0.15, -0.1) is 0 Å². The summed E-state index contributed by atoms with van der Waals surface area (Å²) in [6, 6.07) is 5.71. The third-order valence-electron chi connectivity index (χ3n) is 4.64. The molecular weight excluding hydrogens is 388 g/mol. The van der Waals surface area contributed by atoms with Crippen LogP contribution < -0.4 is 16.4 Å². The lowest BCUT2D eigenvalue weighted by molar-refractivity contribution is 0.0336. The van der Waals surface area contributed by atoms with E-state index in [-0.39, 0.29) is 5.95 Å². The summed E-state index contributed by atoms with van der Waals surface area (Å²) < 4.78 is 5.37. The molecule has 3 aromatic rings. The van der Waals surface area contributed by atoms with Gasteiger partial charge >= 0.3 is 0 Å². The van der Waals surface area contributed by atoms with E-state index in [1.807, 2.05) is 18.2 Å². The minimum absolute atomic E-state index is 0.252. The number of pyridine rings is 1. The number of thiazole rings is 1. The summed E-state index contributed by atoms with van der Waals surface area (Å²) in [5, 5.41) is 7.16. The molecule has 3 aromatic heterocycles. The first-order valence-corrected chi connectivity index (χ1v) is 10.7. The molecule has 10 heteroatoms. The first-order valence-electron chi connectivity index (χ1n) is 9.89. The molecule has 0 amide bonds. The average Bonchev–Trinajstić information content (AvgIpc) is 3.41. The summed E-state index contributed by atoms with van der Waals surface area (Å²) in [5.41, 5.74) is 7.60. The molecule has 9 nitrogen and oxygen atoms in total. The smallest absolute Gasteiger partial charge is 0.222 e. The number of nitrogen functional groups attached to an aromatic ring is 1. The predicted octanol–water partition coefficient (Wildman–Crippen LogP) is 2.01. The van der Waals surface area contributed by atoms with Crippen molar-refractivity contribution in [2.75, 3.05) is 50.4 Å². The topological polar surface area (TPSA) is 114 Å². The maximum absolute atomic E-state index is 5.86. The lowest BCUT2D eigenvalue weighted by Crippen LogP contribution is -2.35. The Bertz CT molecular complexity index is 883. The van der Waals surface area contributed by atoms with Crippen LogP contribution in [0.4, 0.5) is 16.9 Å². The van der Waals surface area contributed by atoms with Gasteiger partial charge in [-0.25, -0.2) is 15.0 Å². The number of ether oxygens (including phenoxy) is 1. The average molecular weight is 415 g/mol. The van der Waals surface area contributed by atoms with Crippen molar-refractivity contribution in [3.8, 4) is 0 Å². The van der Waals surface area contributed by atoms with Crippen LogP contribution in [0, 0.1) is 0 Å². The molecule has 0 atom stereocenters. The zero-order valence-corrected chi connectivity index (χ0v) is 17.1. The number of fused-ring (bicyclic) bond motifs is 1. The van der Waals surface area contributed by atoms with Crippen LogP contribution in [0.2, 0.25) is 0 Å². The van der Waals surface area contributed by atoms with Crippen LogP contribution in [0.3, 0.4) is 0 Å². The Kier molecular flexibility index (Phi) is 6.78. The van der Waals surface area contributed by atoms with Gasteiger partial charge in [-0.05, 0) is 38.1 Å². The van der Waals surface area contributed by atoms with Crippen molar-refractivity contribution in [3.05, 3.63) is 30.1 Å². The normalized spacial score (nSPS) is 17.1. The number of hydrogen-bond acceptors (Lipinski definition) is 10. The van der Waals surface area contributed by atoms with Crippen LogP contribution in [0.15, 0.2) is 24.4 Å². The maximum atomic E-state index is 5.86. The van der Waals surface area contributed by atoms with Crippen LogP contribution in [0.25, 0.3) is 10.3 Å². The molecule has 0 radical (unpaired) electrons. The highest BCUT2D eigenvalue weighted by Gasteiger charge is 2.13. The molecule has 154 valence electrons. The molecule has 2 aliphatic rings. The van der Waals surface area contributed by atoms with Gasteiger partial charge in [0.25, 0.3) is 0 Å². The molecule has 5 rings (SSSR count). The molecule has 4 N–H and O–H groups in total. The molecule has 0 spiro atoms. The number of hydrogen-bond donors (Lipinski definition) is 3. The number of nitrogens with two attached hydrogens (primary N) is 1. The fraction of sp³-hybridized carbons (Fsp3) is 0.474. The van der Waals surface area contributed by atoms with Crippen molar-refractivity contribution < 1.29 is 4.74 Å². The quantitative estimate of drug-likeness (QED) is 0.590. The van der Waals surface area contributed by atoms with E-state index in [4.69, 9.17) is 10.5 Å². The summed E-state index contributed by atoms with van der Waals surface area (Å²) in [7, 11) is 0. The Morgan fingerprint density at radius 2 is 2.00 bits per heavy atom. The van der Waals surface area contributed by atoms with Gasteiger partial charge in [-0.3, -0.25) is 4.90 Å². The summed E-state index contributed by atoms with van der Waals surface area (Å²) in [6.45, 7) is 6.54. The van der Waals surface area contributed by atoms with Crippen molar-refractivity contribution in [2.45, 2.75) is 19.4 Å². The van der Waals surface area contributed by atoms with Crippen LogP contribution in [-0.2, 0) is 11.3 Å². The molecule has 0 unspecified atom stereocenters. The minimum Gasteiger partial charge on any atom is -0.379 e. The van der Waals surface area contributed by atoms with Gasteiger partial charge in [0.05, 0.1) is 18.9 Å². The van der Waals surface area contributed by atoms with E-state index >= 15 is 0 Å². The second kappa shape index (κ2) is 9.88. The third-order valence-corrected chi connectivity index (χ3v) is 5.54. The van der Waals surface area contributed by atoms with Crippen molar-refractivity contribution in [1.82, 2.24) is 30.2 Å². The van der Waals surface area contributed by atoms with Gasteiger partial charge in [0.2, 0.25) is 5.95 Å². The van der Waals surface area contributed by atoms with E-state index in [0.717, 1.165) is 54.0 Å². The monoisotopic (exact) mass is 414 g/mol. The van der Waals surface area contributed by atoms with E-state index in [1.165, 1.54) is 37.3 Å². The number of anilines is 3. The molecule has 29 heavy (non-hydrogen) atoms. The lowest BCUT2D eigenvalue weighted by atomic mass is 10.3. The van der Waals surface area contributed by atoms with Crippen LogP contribution >= 0.6 is 11.3 Å². The largest absolute Gasteiger partial charge is 0.379 e. The summed E-state index contributed by atoms with van der Waals surface area (Å²) in [6.07, 6.45) is 4.54. The van der Waals surface area contributed by atoms with E-state index in [1.54, 1.807) is 6.20 Å². The molecule has 0 aliphatic carbocycles. The molecule has 2 fully saturated rings. The molecule has 0 aromatic carbocycles. The maximum Gasteiger partial charge on any atom is 0.222 e. The fourth-order valence-corrected chi connectivity index (χ4v) is 4.02. The fourth-order valence-electron chi connectivity index (χ4n) is 3.21. The van der Waals surface area contributed by atoms with E-state index in [0.29, 0.717) is 5.82 Å². The van der Waals surface area contributed by atoms with Gasteiger partial charge in [-0.2, -0.15) is 4.98 Å². The lowest BCUT2D eigenvalue weighted by Gasteiger charge is -2.26. The Morgan fingerprint density at radius 1 is 1.17 bits per heavy atom. The van der Waals surface area contributed by atoms with Gasteiger partial charge in [-0.1, -0.05) is 11.3 Å². The number of morpholine rings is 1. The first kappa shape index (κ1) is 19.9. The zero-order valence-electron chi connectivity index (χ0n) is 16.3. The van der Waals surface area contributed by atoms with Crippen molar-refractivity contribution in [3.63, 3.8) is 0 Å². The molecule has 2 saturated heterocycles. The SMILES string of the molecule is C1CCNC1.Nc1nc(CN2CCOCC2)cc(Nc2nc3cccnc3s2)n1. The van der Waals surface area contributed by atoms with Gasteiger partial charge < -0.3 is 21.1 Å². The van der Waals surface area contributed by atoms with Crippen LogP contribution in [-0.4, -0.2) is 64.2 Å². The number of nitrogens with zero attached hydrogens (tertiary/aromatic N) is 5. The number of aromatic nitrogens is 4. The summed E-state index contributed by atoms with van der Waals surface area (Å²) in [4.78, 5) is 20.5. The molecule has 0 bridgehead atoms. The Labute approximate surface area is 173 Å². The van der Waals surface area contributed by atoms with Crippen LogP contribution in [0.1, 0.15) is 18.5 Å². The summed E-state index contributed by atoms with van der Waals surface area (Å²) >= 11 is 1.48. The number of nitrogens with one attached hydrogen (secondary N) is 2. The number of rotatable bonds is 4. The second-order valence-electron chi connectivity index (χ2n) is 6.92. The first-order chi connectivity index (χ1) is 14.3. The van der Waals surface area contributed by atoms with Crippen LogP contribution in [0.5, 0.6) is 0 Å². The molecule has 2 aliphatic heterocycles. The highest BCUT2D eigenvalue weighted by atomic mass is 32.1. The van der Waals surface area contributed by atoms with E-state index in [2.05, 4.69) is 35.5 Å². The van der Waals surface area contributed by atoms with Crippen molar-refractivity contribution >= 4 is 38.6 Å². The molecule has 0 saturated carbocycles. The highest BCUT2D eigenvalue weighted by molar-refractivity contribution is 7.21. The summed E-state index contributed by atoms with van der Waals surface area (Å²) in [5.74, 6) is 0.896. The third kappa shape index (κ3) is 5.80. The zero-order chi connectivity index (χ0) is 19.9.